The Balaban J connectivity index is 2.28. The zero-order valence-electron chi connectivity index (χ0n) is 6.36. The van der Waals surface area contributed by atoms with Gasteiger partial charge in [0.2, 0.25) is 0 Å². The number of nitrogens with two attached hydrogens (primary N) is 1. The Labute approximate surface area is 73.1 Å². The van der Waals surface area contributed by atoms with Gasteiger partial charge in [0.15, 0.2) is 0 Å². The lowest BCUT2D eigenvalue weighted by atomic mass is 10.5. The highest BCUT2D eigenvalue weighted by Crippen LogP contribution is 1.92. The van der Waals surface area contributed by atoms with E-state index in [1.165, 1.54) is 5.32 Å². The first kappa shape index (κ1) is 8.77. The van der Waals surface area contributed by atoms with Gasteiger partial charge in [-0.15, -0.1) is 0 Å². The molecule has 11 heavy (non-hydrogen) atoms. The van der Waals surface area contributed by atoms with Gasteiger partial charge in [-0.3, -0.25) is 4.98 Å². The Morgan fingerprint density at radius 3 is 3.09 bits per heavy atom. The smallest absolute Gasteiger partial charge is 0.140 e. The van der Waals surface area contributed by atoms with Crippen molar-refractivity contribution in [2.45, 2.75) is 0 Å². The van der Waals surface area contributed by atoms with Gasteiger partial charge in [-0.25, -0.2) is 0 Å². The lowest BCUT2D eigenvalue weighted by Crippen LogP contribution is -2.16. The van der Waals surface area contributed by atoms with Crippen LogP contribution in [0.3, 0.4) is 0 Å². The van der Waals surface area contributed by atoms with Gasteiger partial charge in [-0.2, -0.15) is 11.2 Å². The first-order valence-corrected chi connectivity index (χ1v) is 7.20. The minimum absolute atomic E-state index is 0.197. The topological polar surface area (TPSA) is 38.9 Å². The number of hydrogen-bond acceptors (Lipinski definition) is 3. The van der Waals surface area contributed by atoms with Crippen molar-refractivity contribution >= 4 is 25.2 Å². The quantitative estimate of drug-likeness (QED) is 0.506. The van der Waals surface area contributed by atoms with Gasteiger partial charge in [-0.05, 0) is 17.9 Å². The monoisotopic (exact) mass is 184 g/mol. The summed E-state index contributed by atoms with van der Waals surface area (Å²) in [4.78, 5) is 4.25. The van der Waals surface area contributed by atoms with Crippen molar-refractivity contribution in [2.75, 3.05) is 12.3 Å². The summed E-state index contributed by atoms with van der Waals surface area (Å²) >= 11 is 1.96. The van der Waals surface area contributed by atoms with Gasteiger partial charge in [0.1, 0.15) is 8.67 Å². The van der Waals surface area contributed by atoms with Crippen LogP contribution < -0.4 is 11.1 Å². The molecule has 0 bridgehead atoms. The van der Waals surface area contributed by atoms with Gasteiger partial charge in [-0.1, -0.05) is 6.07 Å². The predicted molar refractivity (Wildman–Crippen MR) is 53.9 cm³/mol. The number of hydrogen-bond donors (Lipinski definition) is 1. The average Bonchev–Trinajstić information content (AvgIpc) is 2.07. The number of rotatable bonds is 4. The van der Waals surface area contributed by atoms with Gasteiger partial charge in [0.05, 0.1) is 0 Å². The molecule has 0 saturated carbocycles. The zero-order chi connectivity index (χ0) is 7.94. The molecule has 0 radical (unpaired) electrons. The highest BCUT2D eigenvalue weighted by Gasteiger charge is 1.92. The van der Waals surface area contributed by atoms with Crippen LogP contribution in [0.25, 0.3) is 0 Å². The van der Waals surface area contributed by atoms with Crippen molar-refractivity contribution in [1.29, 1.82) is 0 Å². The first-order valence-electron chi connectivity index (χ1n) is 3.61. The second-order valence-corrected chi connectivity index (χ2v) is 6.08. The Kier molecular flexibility index (Phi) is 4.26. The molecule has 0 aliphatic carbocycles. The van der Waals surface area contributed by atoms with E-state index < -0.39 is 0 Å². The molecule has 0 fully saturated rings. The van der Waals surface area contributed by atoms with Gasteiger partial charge < -0.3 is 5.73 Å². The number of nitrogens with zero attached hydrogens (tertiary/aromatic N) is 1. The third-order valence-electron chi connectivity index (χ3n) is 1.24. The maximum absolute atomic E-state index is 5.37. The second kappa shape index (κ2) is 5.34. The van der Waals surface area contributed by atoms with E-state index in [1.54, 1.807) is 0 Å². The molecule has 0 aliphatic heterocycles. The summed E-state index contributed by atoms with van der Waals surface area (Å²) < 4.78 is 0. The minimum Gasteiger partial charge on any atom is -0.330 e. The Hall–Kier alpha value is -0.323. The molecule has 2 nitrogen and oxygen atoms in total. The van der Waals surface area contributed by atoms with E-state index in [2.05, 4.69) is 11.1 Å². The van der Waals surface area contributed by atoms with E-state index >= 15 is 0 Å². The number of aromatic nitrogens is 1. The normalized spacial score (nSPS) is 11.0. The van der Waals surface area contributed by atoms with Crippen LogP contribution in [0.2, 0.25) is 0 Å². The zero-order valence-corrected chi connectivity index (χ0v) is 8.59. The predicted octanol–water partition coefficient (Wildman–Crippen LogP) is -0.517. The molecule has 0 aromatic carbocycles. The van der Waals surface area contributed by atoms with E-state index in [0.29, 0.717) is 0 Å². The Morgan fingerprint density at radius 2 is 2.45 bits per heavy atom. The van der Waals surface area contributed by atoms with Crippen molar-refractivity contribution in [3.8, 4) is 0 Å². The van der Waals surface area contributed by atoms with Crippen molar-refractivity contribution < 1.29 is 0 Å². The highest BCUT2D eigenvalue weighted by atomic mass is 32.4. The molecule has 4 heteroatoms. The Morgan fingerprint density at radius 1 is 1.55 bits per heavy atom. The molecule has 1 heterocycles. The first-order chi connectivity index (χ1) is 5.43. The standard InChI is InChI=1S/C7H12N2SSi/c8-4-6-10-11-7-3-1-2-5-9-7/h1-3,5H,4,6,8,11H2. The third kappa shape index (κ3) is 3.55. The molecule has 0 saturated heterocycles. The van der Waals surface area contributed by atoms with Crippen LogP contribution in [0.4, 0.5) is 0 Å². The van der Waals surface area contributed by atoms with E-state index in [1.807, 2.05) is 29.5 Å². The summed E-state index contributed by atoms with van der Waals surface area (Å²) in [6, 6.07) is 6.08. The van der Waals surface area contributed by atoms with Crippen molar-refractivity contribution in [2.24, 2.45) is 5.73 Å². The summed E-state index contributed by atoms with van der Waals surface area (Å²) in [7, 11) is -0.197. The van der Waals surface area contributed by atoms with Crippen LogP contribution >= 0.6 is 11.2 Å². The highest BCUT2D eigenvalue weighted by molar-refractivity contribution is 8.23. The summed E-state index contributed by atoms with van der Waals surface area (Å²) in [5.41, 5.74) is 5.37. The van der Waals surface area contributed by atoms with E-state index in [0.717, 1.165) is 12.3 Å². The fourth-order valence-electron chi connectivity index (χ4n) is 0.744. The minimum atomic E-state index is -0.197. The number of pyridine rings is 1. The van der Waals surface area contributed by atoms with E-state index in [9.17, 15) is 0 Å². The van der Waals surface area contributed by atoms with Crippen LogP contribution in [-0.2, 0) is 0 Å². The Bertz CT molecular complexity index is 193. The molecule has 2 N–H and O–H groups in total. The molecule has 1 rings (SSSR count). The maximum Gasteiger partial charge on any atom is 0.140 e. The lowest BCUT2D eigenvalue weighted by molar-refractivity contribution is 1.15. The third-order valence-corrected chi connectivity index (χ3v) is 5.05. The van der Waals surface area contributed by atoms with Crippen LogP contribution in [0.5, 0.6) is 0 Å². The molecule has 0 amide bonds. The van der Waals surface area contributed by atoms with Gasteiger partial charge >= 0.3 is 0 Å². The van der Waals surface area contributed by atoms with Crippen LogP contribution in [0.1, 0.15) is 0 Å². The van der Waals surface area contributed by atoms with Crippen LogP contribution in [0.15, 0.2) is 24.4 Å². The molecule has 1 aromatic heterocycles. The molecule has 0 atom stereocenters. The molecular formula is C7H12N2SSi. The molecule has 60 valence electrons. The molecule has 1 aromatic rings. The summed E-state index contributed by atoms with van der Waals surface area (Å²) in [6.07, 6.45) is 1.85. The van der Waals surface area contributed by atoms with Gasteiger partial charge in [0, 0.05) is 18.1 Å². The van der Waals surface area contributed by atoms with Gasteiger partial charge in [0.25, 0.3) is 0 Å². The van der Waals surface area contributed by atoms with Crippen LogP contribution in [-0.4, -0.2) is 26.0 Å². The van der Waals surface area contributed by atoms with Crippen molar-refractivity contribution in [1.82, 2.24) is 4.98 Å². The summed E-state index contributed by atoms with van der Waals surface area (Å²) in [5, 5.41) is 1.27. The molecular weight excluding hydrogens is 172 g/mol. The van der Waals surface area contributed by atoms with E-state index in [-0.39, 0.29) is 8.67 Å². The molecule has 0 spiro atoms. The SMILES string of the molecule is NCCS[SiH2]c1ccccn1. The largest absolute Gasteiger partial charge is 0.330 e. The fourth-order valence-corrected chi connectivity index (χ4v) is 3.75. The van der Waals surface area contributed by atoms with E-state index in [4.69, 9.17) is 5.73 Å². The van der Waals surface area contributed by atoms with Crippen molar-refractivity contribution in [3.63, 3.8) is 0 Å². The molecule has 0 aliphatic rings. The fraction of sp³-hybridized carbons (Fsp3) is 0.286. The average molecular weight is 184 g/mol. The maximum atomic E-state index is 5.37. The lowest BCUT2D eigenvalue weighted by Gasteiger charge is -1.96. The second-order valence-electron chi connectivity index (χ2n) is 2.16. The molecule has 0 unspecified atom stereocenters. The van der Waals surface area contributed by atoms with Crippen LogP contribution in [0, 0.1) is 0 Å². The summed E-state index contributed by atoms with van der Waals surface area (Å²) in [5.74, 6) is 1.07. The summed E-state index contributed by atoms with van der Waals surface area (Å²) in [6.45, 7) is 0.782. The van der Waals surface area contributed by atoms with Crippen molar-refractivity contribution in [3.05, 3.63) is 24.4 Å².